The van der Waals surface area contributed by atoms with Crippen LogP contribution in [0.25, 0.3) is 0 Å². The summed E-state index contributed by atoms with van der Waals surface area (Å²) in [5.41, 5.74) is 0. The summed E-state index contributed by atoms with van der Waals surface area (Å²) in [6.07, 6.45) is 34.0. The van der Waals surface area contributed by atoms with Crippen LogP contribution < -0.4 is 0 Å². The number of ether oxygens (including phenoxy) is 2. The van der Waals surface area contributed by atoms with Crippen molar-refractivity contribution in [3.8, 4) is 0 Å². The second kappa shape index (κ2) is 28.3. The summed E-state index contributed by atoms with van der Waals surface area (Å²) in [4.78, 5) is 2.22. The molecule has 3 heteroatoms. The summed E-state index contributed by atoms with van der Waals surface area (Å²) < 4.78 is 11.9. The van der Waals surface area contributed by atoms with Crippen molar-refractivity contribution >= 4 is 0 Å². The van der Waals surface area contributed by atoms with Gasteiger partial charge in [-0.25, -0.2) is 0 Å². The molecule has 0 aliphatic carbocycles. The molecule has 0 aromatic rings. The smallest absolute Gasteiger partial charge is 0.0644 e. The zero-order valence-electron chi connectivity index (χ0n) is 23.4. The molecule has 0 amide bonds. The van der Waals surface area contributed by atoms with E-state index < -0.39 is 0 Å². The second-order valence-electron chi connectivity index (χ2n) is 9.73. The maximum absolute atomic E-state index is 5.95. The first-order valence-corrected chi connectivity index (χ1v) is 14.5. The molecule has 0 saturated carbocycles. The maximum Gasteiger partial charge on any atom is 0.0644 e. The third-order valence-electron chi connectivity index (χ3n) is 6.15. The van der Waals surface area contributed by atoms with Gasteiger partial charge in [0.25, 0.3) is 0 Å². The van der Waals surface area contributed by atoms with Gasteiger partial charge in [0.15, 0.2) is 0 Å². The van der Waals surface area contributed by atoms with Gasteiger partial charge in [-0.15, -0.1) is 0 Å². The Labute approximate surface area is 214 Å². The summed E-state index contributed by atoms with van der Waals surface area (Å²) in [6.45, 7) is 7.71. The van der Waals surface area contributed by atoms with Crippen LogP contribution in [0, 0.1) is 0 Å². The normalized spacial score (nSPS) is 13.3. The fourth-order valence-electron chi connectivity index (χ4n) is 3.73. The van der Waals surface area contributed by atoms with E-state index in [0.717, 1.165) is 45.7 Å². The number of hydrogen-bond acceptors (Lipinski definition) is 3. The van der Waals surface area contributed by atoms with Crippen molar-refractivity contribution < 1.29 is 9.47 Å². The lowest BCUT2D eigenvalue weighted by molar-refractivity contribution is 0.0199. The van der Waals surface area contributed by atoms with E-state index in [0.29, 0.717) is 6.04 Å². The average molecular weight is 478 g/mol. The highest BCUT2D eigenvalue weighted by Crippen LogP contribution is 2.09. The standard InChI is InChI=1S/C31H59NO2/c1-5-7-9-11-13-14-15-16-17-18-19-20-21-22-24-26-28-34-30-31(32(3)4)29-33-27-25-23-12-10-8-6-2/h8,10,13-14,16-17,31H,5-7,9,11-12,15,18-30H2,1-4H3/b10-8-,14-13-,17-16-. The van der Waals surface area contributed by atoms with Gasteiger partial charge in [-0.2, -0.15) is 0 Å². The number of nitrogens with zero attached hydrogens (tertiary/aromatic N) is 1. The number of likely N-dealkylation sites (N-methyl/N-ethyl adjacent to an activating group) is 1. The Morgan fingerprint density at radius 3 is 1.59 bits per heavy atom. The predicted octanol–water partition coefficient (Wildman–Crippen LogP) is 8.90. The van der Waals surface area contributed by atoms with Gasteiger partial charge in [-0.1, -0.05) is 88.8 Å². The molecule has 0 saturated heterocycles. The van der Waals surface area contributed by atoms with Crippen LogP contribution in [0.1, 0.15) is 117 Å². The summed E-state index contributed by atoms with van der Waals surface area (Å²) in [6, 6.07) is 0.351. The Bertz CT molecular complexity index is 470. The molecule has 3 nitrogen and oxygen atoms in total. The second-order valence-corrected chi connectivity index (χ2v) is 9.73. The topological polar surface area (TPSA) is 21.7 Å². The lowest BCUT2D eigenvalue weighted by atomic mass is 10.1. The van der Waals surface area contributed by atoms with Crippen molar-refractivity contribution in [3.63, 3.8) is 0 Å². The number of rotatable bonds is 26. The molecule has 1 unspecified atom stereocenters. The number of hydrogen-bond donors (Lipinski definition) is 0. The van der Waals surface area contributed by atoms with Gasteiger partial charge in [0.05, 0.1) is 19.3 Å². The van der Waals surface area contributed by atoms with Crippen LogP contribution in [-0.2, 0) is 9.47 Å². The molecule has 200 valence electrons. The molecule has 0 heterocycles. The molecule has 0 aromatic heterocycles. The highest BCUT2D eigenvalue weighted by molar-refractivity contribution is 4.92. The van der Waals surface area contributed by atoms with Crippen LogP contribution in [0.15, 0.2) is 36.5 Å². The summed E-state index contributed by atoms with van der Waals surface area (Å²) in [5, 5.41) is 0. The van der Waals surface area contributed by atoms with Crippen molar-refractivity contribution in [2.75, 3.05) is 40.5 Å². The Balaban J connectivity index is 3.47. The van der Waals surface area contributed by atoms with Gasteiger partial charge in [0.2, 0.25) is 0 Å². The molecule has 0 spiro atoms. The van der Waals surface area contributed by atoms with E-state index in [1.165, 1.54) is 83.5 Å². The van der Waals surface area contributed by atoms with E-state index in [1.807, 2.05) is 0 Å². The number of allylic oxidation sites excluding steroid dienone is 6. The fraction of sp³-hybridized carbons (Fsp3) is 0.806. The van der Waals surface area contributed by atoms with Crippen LogP contribution in [0.3, 0.4) is 0 Å². The lowest BCUT2D eigenvalue weighted by Crippen LogP contribution is -2.37. The summed E-state index contributed by atoms with van der Waals surface area (Å²) in [7, 11) is 4.24. The Kier molecular flexibility index (Phi) is 27.6. The fourth-order valence-corrected chi connectivity index (χ4v) is 3.73. The van der Waals surface area contributed by atoms with Crippen molar-refractivity contribution in [1.29, 1.82) is 0 Å². The van der Waals surface area contributed by atoms with E-state index in [4.69, 9.17) is 9.47 Å². The lowest BCUT2D eigenvalue weighted by Gasteiger charge is -2.24. The maximum atomic E-state index is 5.95. The van der Waals surface area contributed by atoms with Crippen LogP contribution in [0.2, 0.25) is 0 Å². The SMILES string of the molecule is CC/C=C\CCCCOCC(COCCCCCCCC/C=C\C/C=C\CCCCC)N(C)C. The van der Waals surface area contributed by atoms with Crippen molar-refractivity contribution in [2.24, 2.45) is 0 Å². The average Bonchev–Trinajstić information content (AvgIpc) is 2.83. The largest absolute Gasteiger partial charge is 0.380 e. The summed E-state index contributed by atoms with van der Waals surface area (Å²) >= 11 is 0. The first-order valence-electron chi connectivity index (χ1n) is 14.5. The zero-order valence-corrected chi connectivity index (χ0v) is 23.4. The molecule has 0 rings (SSSR count). The van der Waals surface area contributed by atoms with E-state index in [2.05, 4.69) is 69.3 Å². The van der Waals surface area contributed by atoms with Crippen LogP contribution in [-0.4, -0.2) is 51.5 Å². The van der Waals surface area contributed by atoms with E-state index in [-0.39, 0.29) is 0 Å². The van der Waals surface area contributed by atoms with Crippen molar-refractivity contribution in [2.45, 2.75) is 123 Å². The van der Waals surface area contributed by atoms with Crippen molar-refractivity contribution in [1.82, 2.24) is 4.90 Å². The third kappa shape index (κ3) is 25.7. The van der Waals surface area contributed by atoms with E-state index >= 15 is 0 Å². The molecule has 0 N–H and O–H groups in total. The van der Waals surface area contributed by atoms with Gasteiger partial charge in [0, 0.05) is 13.2 Å². The van der Waals surface area contributed by atoms with Gasteiger partial charge in [-0.05, 0) is 78.3 Å². The first kappa shape index (κ1) is 33.1. The molecule has 0 aliphatic heterocycles. The van der Waals surface area contributed by atoms with Gasteiger partial charge < -0.3 is 14.4 Å². The van der Waals surface area contributed by atoms with E-state index in [1.54, 1.807) is 0 Å². The van der Waals surface area contributed by atoms with Crippen LogP contribution in [0.5, 0.6) is 0 Å². The molecular weight excluding hydrogens is 418 g/mol. The Morgan fingerprint density at radius 1 is 0.559 bits per heavy atom. The zero-order chi connectivity index (χ0) is 25.0. The van der Waals surface area contributed by atoms with Gasteiger partial charge in [0.1, 0.15) is 0 Å². The summed E-state index contributed by atoms with van der Waals surface area (Å²) in [5.74, 6) is 0. The van der Waals surface area contributed by atoms with Gasteiger partial charge in [-0.3, -0.25) is 0 Å². The Morgan fingerprint density at radius 2 is 1.03 bits per heavy atom. The van der Waals surface area contributed by atoms with Crippen molar-refractivity contribution in [3.05, 3.63) is 36.5 Å². The van der Waals surface area contributed by atoms with E-state index in [9.17, 15) is 0 Å². The van der Waals surface area contributed by atoms with Gasteiger partial charge >= 0.3 is 0 Å². The van der Waals surface area contributed by atoms with Crippen LogP contribution in [0.4, 0.5) is 0 Å². The predicted molar refractivity (Wildman–Crippen MR) is 152 cm³/mol. The Hall–Kier alpha value is -0.900. The molecule has 0 aliphatic rings. The highest BCUT2D eigenvalue weighted by Gasteiger charge is 2.11. The monoisotopic (exact) mass is 477 g/mol. The minimum atomic E-state index is 0.351. The molecule has 1 atom stereocenters. The minimum absolute atomic E-state index is 0.351. The first-order chi connectivity index (χ1) is 16.7. The molecule has 0 aromatic carbocycles. The molecule has 34 heavy (non-hydrogen) atoms. The molecule has 0 radical (unpaired) electrons. The van der Waals surface area contributed by atoms with Crippen LogP contribution >= 0.6 is 0 Å². The molecule has 0 fully saturated rings. The molecule has 0 bridgehead atoms. The number of unbranched alkanes of at least 4 members (excludes halogenated alkanes) is 11. The quantitative estimate of drug-likeness (QED) is 0.0916. The third-order valence-corrected chi connectivity index (χ3v) is 6.15. The minimum Gasteiger partial charge on any atom is -0.380 e. The molecular formula is C31H59NO2. The highest BCUT2D eigenvalue weighted by atomic mass is 16.5.